The van der Waals surface area contributed by atoms with E-state index < -0.39 is 5.97 Å². The zero-order chi connectivity index (χ0) is 13.1. The van der Waals surface area contributed by atoms with Gasteiger partial charge in [-0.05, 0) is 18.6 Å². The number of carboxylic acids is 1. The third kappa shape index (κ3) is 2.28. The van der Waals surface area contributed by atoms with Crippen LogP contribution >= 0.6 is 0 Å². The molecule has 1 aromatic carbocycles. The summed E-state index contributed by atoms with van der Waals surface area (Å²) in [6, 6.07) is 3.18. The van der Waals surface area contributed by atoms with E-state index in [1.54, 1.807) is 12.3 Å². The molecule has 0 aliphatic rings. The number of ether oxygens (including phenoxy) is 1. The van der Waals surface area contributed by atoms with Crippen LogP contribution in [0.15, 0.2) is 18.3 Å². The Labute approximate surface area is 104 Å². The Kier molecular flexibility index (Phi) is 3.47. The van der Waals surface area contributed by atoms with Crippen LogP contribution in [0, 0.1) is 0 Å². The highest BCUT2D eigenvalue weighted by atomic mass is 16.5. The fraction of sp³-hybridized carbons (Fsp3) is 0.333. The molecule has 0 fully saturated rings. The minimum absolute atomic E-state index is 0.110. The van der Waals surface area contributed by atoms with E-state index in [1.807, 2.05) is 6.92 Å². The molecule has 1 heterocycles. The molecule has 0 bridgehead atoms. The van der Waals surface area contributed by atoms with Crippen LogP contribution in [0.4, 0.5) is 0 Å². The predicted molar refractivity (Wildman–Crippen MR) is 66.8 cm³/mol. The van der Waals surface area contributed by atoms with Crippen molar-refractivity contribution in [1.29, 1.82) is 0 Å². The van der Waals surface area contributed by atoms with E-state index in [1.165, 1.54) is 6.07 Å². The number of carbonyl (C=O) groups is 1. The number of nitrogens with two attached hydrogens (primary N) is 1. The molecule has 6 nitrogen and oxygen atoms in total. The number of hydrogen-bond acceptors (Lipinski definition) is 4. The Morgan fingerprint density at radius 3 is 3.00 bits per heavy atom. The SMILES string of the molecule is CCC(CN)Oc1cc2cn[nH]c2cc1C(=O)O. The van der Waals surface area contributed by atoms with Gasteiger partial charge in [0, 0.05) is 11.9 Å². The Bertz CT molecular complexity index is 561. The van der Waals surface area contributed by atoms with Gasteiger partial charge >= 0.3 is 5.97 Å². The molecule has 6 heteroatoms. The Morgan fingerprint density at radius 1 is 1.61 bits per heavy atom. The minimum Gasteiger partial charge on any atom is -0.488 e. The number of H-pyrrole nitrogens is 1. The smallest absolute Gasteiger partial charge is 0.339 e. The van der Waals surface area contributed by atoms with Crippen molar-refractivity contribution >= 4 is 16.9 Å². The van der Waals surface area contributed by atoms with Crippen molar-refractivity contribution in [2.75, 3.05) is 6.54 Å². The van der Waals surface area contributed by atoms with Crippen LogP contribution in [0.5, 0.6) is 5.75 Å². The lowest BCUT2D eigenvalue weighted by molar-refractivity contribution is 0.0689. The molecule has 96 valence electrons. The summed E-state index contributed by atoms with van der Waals surface area (Å²) >= 11 is 0. The Hall–Kier alpha value is -2.08. The van der Waals surface area contributed by atoms with Crippen LogP contribution in [0.25, 0.3) is 10.9 Å². The first kappa shape index (κ1) is 12.4. The lowest BCUT2D eigenvalue weighted by Gasteiger charge is -2.17. The average molecular weight is 249 g/mol. The lowest BCUT2D eigenvalue weighted by Crippen LogP contribution is -2.26. The molecular formula is C12H15N3O3. The number of nitrogens with zero attached hydrogens (tertiary/aromatic N) is 1. The van der Waals surface area contributed by atoms with Crippen molar-refractivity contribution in [2.45, 2.75) is 19.4 Å². The molecule has 0 saturated carbocycles. The average Bonchev–Trinajstić information content (AvgIpc) is 2.81. The van der Waals surface area contributed by atoms with Crippen LogP contribution in [0.3, 0.4) is 0 Å². The molecule has 0 saturated heterocycles. The molecule has 0 aliphatic carbocycles. The molecule has 1 atom stereocenters. The van der Waals surface area contributed by atoms with Crippen molar-refractivity contribution in [3.63, 3.8) is 0 Å². The summed E-state index contributed by atoms with van der Waals surface area (Å²) in [5.41, 5.74) is 6.34. The van der Waals surface area contributed by atoms with Crippen molar-refractivity contribution < 1.29 is 14.6 Å². The van der Waals surface area contributed by atoms with Crippen LogP contribution in [-0.2, 0) is 0 Å². The fourth-order valence-corrected chi connectivity index (χ4v) is 1.71. The predicted octanol–water partition coefficient (Wildman–Crippen LogP) is 1.38. The van der Waals surface area contributed by atoms with Gasteiger partial charge in [-0.1, -0.05) is 6.92 Å². The van der Waals surface area contributed by atoms with Gasteiger partial charge in [0.15, 0.2) is 0 Å². The number of hydrogen-bond donors (Lipinski definition) is 3. The quantitative estimate of drug-likeness (QED) is 0.743. The third-order valence-corrected chi connectivity index (χ3v) is 2.78. The van der Waals surface area contributed by atoms with E-state index in [9.17, 15) is 9.90 Å². The van der Waals surface area contributed by atoms with Crippen molar-refractivity contribution in [1.82, 2.24) is 10.2 Å². The number of fused-ring (bicyclic) bond motifs is 1. The van der Waals surface area contributed by atoms with Gasteiger partial charge in [-0.25, -0.2) is 4.79 Å². The molecule has 0 spiro atoms. The first-order valence-electron chi connectivity index (χ1n) is 5.72. The van der Waals surface area contributed by atoms with Gasteiger partial charge in [0.25, 0.3) is 0 Å². The van der Waals surface area contributed by atoms with Crippen LogP contribution < -0.4 is 10.5 Å². The number of aromatic carboxylic acids is 1. The molecule has 18 heavy (non-hydrogen) atoms. The van der Waals surface area contributed by atoms with Gasteiger partial charge in [-0.15, -0.1) is 0 Å². The molecular weight excluding hydrogens is 234 g/mol. The summed E-state index contributed by atoms with van der Waals surface area (Å²) in [6.45, 7) is 2.29. The summed E-state index contributed by atoms with van der Waals surface area (Å²) in [6.07, 6.45) is 2.16. The summed E-state index contributed by atoms with van der Waals surface area (Å²) in [7, 11) is 0. The van der Waals surface area contributed by atoms with E-state index in [-0.39, 0.29) is 11.7 Å². The van der Waals surface area contributed by atoms with Gasteiger partial charge in [-0.2, -0.15) is 5.10 Å². The summed E-state index contributed by atoms with van der Waals surface area (Å²) in [4.78, 5) is 11.2. The molecule has 1 aromatic heterocycles. The van der Waals surface area contributed by atoms with Gasteiger partial charge < -0.3 is 15.6 Å². The van der Waals surface area contributed by atoms with E-state index in [0.717, 1.165) is 11.8 Å². The lowest BCUT2D eigenvalue weighted by atomic mass is 10.1. The maximum atomic E-state index is 11.2. The number of carboxylic acid groups (broad SMARTS) is 1. The van der Waals surface area contributed by atoms with Gasteiger partial charge in [0.2, 0.25) is 0 Å². The van der Waals surface area contributed by atoms with E-state index >= 15 is 0 Å². The molecule has 2 rings (SSSR count). The molecule has 0 aliphatic heterocycles. The van der Waals surface area contributed by atoms with E-state index in [4.69, 9.17) is 10.5 Å². The Morgan fingerprint density at radius 2 is 2.39 bits per heavy atom. The van der Waals surface area contributed by atoms with Crippen molar-refractivity contribution in [3.05, 3.63) is 23.9 Å². The molecule has 4 N–H and O–H groups in total. The third-order valence-electron chi connectivity index (χ3n) is 2.78. The summed E-state index contributed by atoms with van der Waals surface area (Å²) in [5.74, 6) is -0.706. The first-order chi connectivity index (χ1) is 8.65. The fourth-order valence-electron chi connectivity index (χ4n) is 1.71. The van der Waals surface area contributed by atoms with Crippen molar-refractivity contribution in [3.8, 4) is 5.75 Å². The normalized spacial score (nSPS) is 12.6. The number of benzene rings is 1. The number of aromatic amines is 1. The summed E-state index contributed by atoms with van der Waals surface area (Å²) < 4.78 is 5.64. The monoisotopic (exact) mass is 249 g/mol. The maximum absolute atomic E-state index is 11.2. The number of rotatable bonds is 5. The zero-order valence-corrected chi connectivity index (χ0v) is 10.0. The van der Waals surface area contributed by atoms with Crippen molar-refractivity contribution in [2.24, 2.45) is 5.73 Å². The topological polar surface area (TPSA) is 101 Å². The van der Waals surface area contributed by atoms with E-state index in [2.05, 4.69) is 10.2 Å². The van der Waals surface area contributed by atoms with E-state index in [0.29, 0.717) is 17.8 Å². The van der Waals surface area contributed by atoms with Crippen LogP contribution in [0.2, 0.25) is 0 Å². The minimum atomic E-state index is -1.03. The van der Waals surface area contributed by atoms with Gasteiger partial charge in [0.05, 0.1) is 11.7 Å². The number of nitrogens with one attached hydrogen (secondary N) is 1. The maximum Gasteiger partial charge on any atom is 0.339 e. The molecule has 2 aromatic rings. The highest BCUT2D eigenvalue weighted by Gasteiger charge is 2.16. The van der Waals surface area contributed by atoms with Gasteiger partial charge in [-0.3, -0.25) is 5.10 Å². The van der Waals surface area contributed by atoms with Crippen LogP contribution in [0.1, 0.15) is 23.7 Å². The number of aromatic nitrogens is 2. The second-order valence-corrected chi connectivity index (χ2v) is 3.99. The zero-order valence-electron chi connectivity index (χ0n) is 10.0. The standard InChI is InChI=1S/C12H15N3O3/c1-2-8(5-13)18-11-3-7-6-14-15-10(7)4-9(11)12(16)17/h3-4,6,8H,2,5,13H2,1H3,(H,14,15)(H,16,17). The van der Waals surface area contributed by atoms with Crippen LogP contribution in [-0.4, -0.2) is 33.9 Å². The molecule has 0 radical (unpaired) electrons. The second kappa shape index (κ2) is 5.05. The first-order valence-corrected chi connectivity index (χ1v) is 5.72. The second-order valence-electron chi connectivity index (χ2n) is 3.99. The molecule has 1 unspecified atom stereocenters. The van der Waals surface area contributed by atoms with Gasteiger partial charge in [0.1, 0.15) is 17.4 Å². The Balaban J connectivity index is 2.45. The largest absolute Gasteiger partial charge is 0.488 e. The highest BCUT2D eigenvalue weighted by Crippen LogP contribution is 2.26. The highest BCUT2D eigenvalue weighted by molar-refractivity contribution is 5.96. The molecule has 0 amide bonds. The summed E-state index contributed by atoms with van der Waals surface area (Å²) in [5, 5.41) is 16.6.